The van der Waals surface area contributed by atoms with Crippen molar-refractivity contribution in [2.75, 3.05) is 51.3 Å². The van der Waals surface area contributed by atoms with Gasteiger partial charge in [0.25, 0.3) is 0 Å². The Morgan fingerprint density at radius 3 is 2.12 bits per heavy atom. The van der Waals surface area contributed by atoms with Crippen molar-refractivity contribution in [2.45, 2.75) is 23.6 Å². The number of hydrogen-bond donors (Lipinski definition) is 0. The molecule has 0 bridgehead atoms. The molecule has 0 spiro atoms. The maximum Gasteiger partial charge on any atom is 0.246 e. The molecule has 1 fully saturated rings. The molecule has 33 heavy (non-hydrogen) atoms. The SMILES string of the molecule is CCN(CC)S(=O)(=O)c1ccc(OC)c(N2CCN(S(=O)(=O)c3ccc(F)cc3F)CC2)c1. The van der Waals surface area contributed by atoms with E-state index in [-0.39, 0.29) is 31.1 Å². The minimum absolute atomic E-state index is 0.0370. The number of hydrogen-bond acceptors (Lipinski definition) is 6. The highest BCUT2D eigenvalue weighted by atomic mass is 32.2. The van der Waals surface area contributed by atoms with Gasteiger partial charge in [0.15, 0.2) is 0 Å². The summed E-state index contributed by atoms with van der Waals surface area (Å²) in [4.78, 5) is 1.36. The minimum atomic E-state index is -4.15. The van der Waals surface area contributed by atoms with E-state index in [9.17, 15) is 25.6 Å². The maximum atomic E-state index is 14.1. The Hall–Kier alpha value is -2.28. The third-order valence-electron chi connectivity index (χ3n) is 5.58. The average molecular weight is 504 g/mol. The van der Waals surface area contributed by atoms with Gasteiger partial charge < -0.3 is 9.64 Å². The van der Waals surface area contributed by atoms with E-state index in [2.05, 4.69) is 0 Å². The monoisotopic (exact) mass is 503 g/mol. The Morgan fingerprint density at radius 1 is 0.939 bits per heavy atom. The Morgan fingerprint density at radius 2 is 1.58 bits per heavy atom. The maximum absolute atomic E-state index is 14.1. The Bertz CT molecular complexity index is 1210. The number of methoxy groups -OCH3 is 1. The minimum Gasteiger partial charge on any atom is -0.495 e. The van der Waals surface area contributed by atoms with Crippen LogP contribution >= 0.6 is 0 Å². The molecule has 0 aliphatic carbocycles. The number of anilines is 1. The molecule has 1 aliphatic rings. The summed E-state index contributed by atoms with van der Waals surface area (Å²) >= 11 is 0. The molecular weight excluding hydrogens is 476 g/mol. The fourth-order valence-corrected chi connectivity index (χ4v) is 6.73. The predicted octanol–water partition coefficient (Wildman–Crippen LogP) is 2.51. The van der Waals surface area contributed by atoms with E-state index in [0.717, 1.165) is 16.4 Å². The van der Waals surface area contributed by atoms with E-state index in [1.165, 1.54) is 23.5 Å². The van der Waals surface area contributed by atoms with Crippen LogP contribution in [-0.4, -0.2) is 71.8 Å². The molecule has 0 saturated carbocycles. The fraction of sp³-hybridized carbons (Fsp3) is 0.429. The normalized spacial score (nSPS) is 15.8. The largest absolute Gasteiger partial charge is 0.495 e. The molecule has 0 atom stereocenters. The van der Waals surface area contributed by atoms with Crippen LogP contribution < -0.4 is 9.64 Å². The van der Waals surface area contributed by atoms with Gasteiger partial charge in [-0.3, -0.25) is 0 Å². The van der Waals surface area contributed by atoms with Gasteiger partial charge in [0.05, 0.1) is 17.7 Å². The van der Waals surface area contributed by atoms with Crippen LogP contribution in [0.3, 0.4) is 0 Å². The van der Waals surface area contributed by atoms with E-state index in [1.54, 1.807) is 19.9 Å². The van der Waals surface area contributed by atoms with Crippen molar-refractivity contribution in [3.63, 3.8) is 0 Å². The van der Waals surface area contributed by atoms with Crippen LogP contribution in [0.25, 0.3) is 0 Å². The van der Waals surface area contributed by atoms with Gasteiger partial charge in [0, 0.05) is 45.3 Å². The second-order valence-electron chi connectivity index (χ2n) is 7.39. The van der Waals surface area contributed by atoms with Crippen LogP contribution in [0.1, 0.15) is 13.8 Å². The molecule has 0 N–H and O–H groups in total. The molecule has 0 aromatic heterocycles. The van der Waals surface area contributed by atoms with Crippen molar-refractivity contribution in [2.24, 2.45) is 0 Å². The van der Waals surface area contributed by atoms with Gasteiger partial charge in [-0.2, -0.15) is 8.61 Å². The third kappa shape index (κ3) is 4.98. The number of ether oxygens (including phenoxy) is 1. The van der Waals surface area contributed by atoms with Crippen LogP contribution in [-0.2, 0) is 20.0 Å². The number of halogens is 2. The molecule has 2 aromatic carbocycles. The quantitative estimate of drug-likeness (QED) is 0.550. The average Bonchev–Trinajstić information content (AvgIpc) is 2.79. The molecule has 0 amide bonds. The molecule has 1 saturated heterocycles. The van der Waals surface area contributed by atoms with Crippen LogP contribution in [0.15, 0.2) is 46.2 Å². The van der Waals surface area contributed by atoms with Gasteiger partial charge in [-0.15, -0.1) is 0 Å². The van der Waals surface area contributed by atoms with Crippen molar-refractivity contribution in [1.29, 1.82) is 0 Å². The first-order chi connectivity index (χ1) is 15.6. The predicted molar refractivity (Wildman–Crippen MR) is 120 cm³/mol. The van der Waals surface area contributed by atoms with Gasteiger partial charge in [0.2, 0.25) is 20.0 Å². The number of sulfonamides is 2. The number of nitrogens with zero attached hydrogens (tertiary/aromatic N) is 3. The zero-order valence-electron chi connectivity index (χ0n) is 18.7. The van der Waals surface area contributed by atoms with Crippen molar-refractivity contribution in [3.05, 3.63) is 48.0 Å². The molecule has 1 heterocycles. The molecular formula is C21H27F2N3O5S2. The van der Waals surface area contributed by atoms with E-state index in [1.807, 2.05) is 4.90 Å². The second kappa shape index (κ2) is 9.92. The van der Waals surface area contributed by atoms with Gasteiger partial charge in [-0.05, 0) is 30.3 Å². The highest BCUT2D eigenvalue weighted by Crippen LogP contribution is 2.33. The van der Waals surface area contributed by atoms with Gasteiger partial charge in [0.1, 0.15) is 22.3 Å². The van der Waals surface area contributed by atoms with Crippen molar-refractivity contribution in [3.8, 4) is 5.75 Å². The van der Waals surface area contributed by atoms with E-state index >= 15 is 0 Å². The van der Waals surface area contributed by atoms with Crippen LogP contribution in [0.2, 0.25) is 0 Å². The zero-order valence-corrected chi connectivity index (χ0v) is 20.3. The van der Waals surface area contributed by atoms with Gasteiger partial charge >= 0.3 is 0 Å². The summed E-state index contributed by atoms with van der Waals surface area (Å²) in [6, 6.07) is 6.93. The van der Waals surface area contributed by atoms with Crippen LogP contribution in [0, 0.1) is 11.6 Å². The molecule has 8 nitrogen and oxygen atoms in total. The highest BCUT2D eigenvalue weighted by molar-refractivity contribution is 7.89. The second-order valence-corrected chi connectivity index (χ2v) is 11.2. The molecule has 3 rings (SSSR count). The first-order valence-corrected chi connectivity index (χ1v) is 13.3. The van der Waals surface area contributed by atoms with Crippen LogP contribution in [0.5, 0.6) is 5.75 Å². The van der Waals surface area contributed by atoms with Crippen LogP contribution in [0.4, 0.5) is 14.5 Å². The first-order valence-electron chi connectivity index (χ1n) is 10.4. The summed E-state index contributed by atoms with van der Waals surface area (Å²) in [5, 5.41) is 0. The number of piperazine rings is 1. The Balaban J connectivity index is 1.85. The summed E-state index contributed by atoms with van der Waals surface area (Å²) in [5.41, 5.74) is 0.524. The lowest BCUT2D eigenvalue weighted by molar-refractivity contribution is 0.376. The van der Waals surface area contributed by atoms with Gasteiger partial charge in [-0.1, -0.05) is 13.8 Å². The standard InChI is InChI=1S/C21H27F2N3O5S2/c1-4-25(5-2)32(27,28)17-7-8-20(31-3)19(15-17)24-10-12-26(13-11-24)33(29,30)21-9-6-16(22)14-18(21)23/h6-9,14-15H,4-5,10-13H2,1-3H3. The summed E-state index contributed by atoms with van der Waals surface area (Å²) in [6.07, 6.45) is 0. The molecule has 1 aliphatic heterocycles. The third-order valence-corrected chi connectivity index (χ3v) is 9.56. The van der Waals surface area contributed by atoms with Crippen molar-refractivity contribution >= 4 is 25.7 Å². The number of benzene rings is 2. The van der Waals surface area contributed by atoms with E-state index in [0.29, 0.717) is 30.6 Å². The first kappa shape index (κ1) is 25.3. The lowest BCUT2D eigenvalue weighted by atomic mass is 10.2. The summed E-state index contributed by atoms with van der Waals surface area (Å²) in [5.74, 6) is -1.55. The fourth-order valence-electron chi connectivity index (χ4n) is 3.78. The molecule has 0 radical (unpaired) electrons. The Labute approximate surface area is 193 Å². The molecule has 2 aromatic rings. The zero-order chi connectivity index (χ0) is 24.4. The van der Waals surface area contributed by atoms with Crippen molar-refractivity contribution < 1.29 is 30.4 Å². The molecule has 0 unspecified atom stereocenters. The smallest absolute Gasteiger partial charge is 0.246 e. The van der Waals surface area contributed by atoms with E-state index < -0.39 is 36.6 Å². The summed E-state index contributed by atoms with van der Waals surface area (Å²) in [7, 11) is -6.37. The summed E-state index contributed by atoms with van der Waals surface area (Å²) < 4.78 is 86.7. The van der Waals surface area contributed by atoms with E-state index in [4.69, 9.17) is 4.74 Å². The highest BCUT2D eigenvalue weighted by Gasteiger charge is 2.32. The topological polar surface area (TPSA) is 87.2 Å². The molecule has 182 valence electrons. The van der Waals surface area contributed by atoms with Gasteiger partial charge in [-0.25, -0.2) is 25.6 Å². The molecule has 12 heteroatoms. The van der Waals surface area contributed by atoms with Crippen molar-refractivity contribution in [1.82, 2.24) is 8.61 Å². The lowest BCUT2D eigenvalue weighted by Gasteiger charge is -2.36. The lowest BCUT2D eigenvalue weighted by Crippen LogP contribution is -2.49. The number of rotatable bonds is 8. The Kier molecular flexibility index (Phi) is 7.62. The summed E-state index contributed by atoms with van der Waals surface area (Å²) in [6.45, 7) is 4.71.